The summed E-state index contributed by atoms with van der Waals surface area (Å²) in [5.74, 6) is 0.308. The summed E-state index contributed by atoms with van der Waals surface area (Å²) >= 11 is 6.61. The number of likely N-dealkylation sites (tertiary alicyclic amines) is 1. The zero-order valence-electron chi connectivity index (χ0n) is 27.8. The van der Waals surface area contributed by atoms with Crippen molar-refractivity contribution in [3.63, 3.8) is 0 Å². The Hall–Kier alpha value is -4.46. The molecule has 11 nitrogen and oxygen atoms in total. The fourth-order valence-corrected chi connectivity index (χ4v) is 9.05. The zero-order chi connectivity index (χ0) is 34.8. The van der Waals surface area contributed by atoms with Gasteiger partial charge in [-0.25, -0.2) is 17.3 Å². The van der Waals surface area contributed by atoms with Crippen molar-refractivity contribution in [2.24, 2.45) is 24.6 Å². The van der Waals surface area contributed by atoms with Crippen LogP contribution >= 0.6 is 11.6 Å². The number of nitrogens with two attached hydrogens (primary N) is 1. The number of aryl methyl sites for hydroxylation is 2. The molecule has 2 bridgehead atoms. The van der Waals surface area contributed by atoms with Crippen molar-refractivity contribution < 1.29 is 17.6 Å². The maximum Gasteiger partial charge on any atom is 0.255 e. The topological polar surface area (TPSA) is 133 Å². The lowest BCUT2D eigenvalue weighted by Gasteiger charge is -2.27. The van der Waals surface area contributed by atoms with Gasteiger partial charge in [0.2, 0.25) is 10.0 Å². The number of sulfonamides is 1. The Bertz CT molecular complexity index is 2540. The molecule has 3 N–H and O–H groups in total. The SMILES string of the molecule is Cc1c(-c2cc3ccc(-c4ccc(Cl)c5c(NS(C)(=O)=O)nn(C)c45)cc3n2CC2CC2)nn2cc(C(=O)N3CC4CCC3[C@@H]4N)cc(F)c12. The highest BCUT2D eigenvalue weighted by molar-refractivity contribution is 7.92. The van der Waals surface area contributed by atoms with E-state index in [-0.39, 0.29) is 29.4 Å². The molecule has 1 amide bonds. The number of benzene rings is 2. The zero-order valence-corrected chi connectivity index (χ0v) is 29.4. The first-order chi connectivity index (χ1) is 23.9. The summed E-state index contributed by atoms with van der Waals surface area (Å²) in [6, 6.07) is 13.3. The van der Waals surface area contributed by atoms with E-state index < -0.39 is 15.8 Å². The summed E-state index contributed by atoms with van der Waals surface area (Å²) in [5.41, 5.74) is 12.7. The van der Waals surface area contributed by atoms with Gasteiger partial charge in [0.1, 0.15) is 17.0 Å². The summed E-state index contributed by atoms with van der Waals surface area (Å²) in [6.07, 6.45) is 6.90. The number of rotatable bonds is 7. The minimum atomic E-state index is -3.59. The number of carbonyl (C=O) groups is 1. The Labute approximate surface area is 292 Å². The Balaban J connectivity index is 1.16. The van der Waals surface area contributed by atoms with Crippen molar-refractivity contribution >= 4 is 60.7 Å². The smallest absolute Gasteiger partial charge is 0.255 e. The Morgan fingerprint density at radius 1 is 1.08 bits per heavy atom. The lowest BCUT2D eigenvalue weighted by atomic mass is 10.0. The lowest BCUT2D eigenvalue weighted by molar-refractivity contribution is 0.0699. The van der Waals surface area contributed by atoms with Crippen LogP contribution in [0.25, 0.3) is 49.8 Å². The van der Waals surface area contributed by atoms with Gasteiger partial charge < -0.3 is 15.2 Å². The van der Waals surface area contributed by atoms with E-state index in [2.05, 4.69) is 32.6 Å². The van der Waals surface area contributed by atoms with Crippen LogP contribution in [0.5, 0.6) is 0 Å². The Kier molecular flexibility index (Phi) is 6.95. The van der Waals surface area contributed by atoms with Gasteiger partial charge >= 0.3 is 0 Å². The Morgan fingerprint density at radius 2 is 1.88 bits per heavy atom. The fourth-order valence-electron chi connectivity index (χ4n) is 8.31. The number of nitrogens with one attached hydrogen (secondary N) is 1. The van der Waals surface area contributed by atoms with Crippen LogP contribution in [0, 0.1) is 24.6 Å². The van der Waals surface area contributed by atoms with Crippen molar-refractivity contribution in [3.8, 4) is 22.5 Å². The summed E-state index contributed by atoms with van der Waals surface area (Å²) in [7, 11) is -1.83. The predicted octanol–water partition coefficient (Wildman–Crippen LogP) is 5.95. The molecular formula is C36H36ClFN8O3S. The highest BCUT2D eigenvalue weighted by Crippen LogP contribution is 2.42. The van der Waals surface area contributed by atoms with Crippen LogP contribution < -0.4 is 10.5 Å². The van der Waals surface area contributed by atoms with E-state index >= 15 is 4.39 Å². The largest absolute Gasteiger partial charge is 0.339 e. The molecule has 2 unspecified atom stereocenters. The monoisotopic (exact) mass is 714 g/mol. The van der Waals surface area contributed by atoms with Gasteiger partial charge in [-0.15, -0.1) is 0 Å². The number of pyridine rings is 1. The normalized spacial score (nSPS) is 20.6. The van der Waals surface area contributed by atoms with Gasteiger partial charge in [-0.05, 0) is 74.3 Å². The molecule has 3 fully saturated rings. The molecule has 258 valence electrons. The third-order valence-electron chi connectivity index (χ3n) is 10.9. The maximum absolute atomic E-state index is 15.9. The minimum Gasteiger partial charge on any atom is -0.339 e. The first-order valence-corrected chi connectivity index (χ1v) is 19.2. The number of aromatic nitrogens is 5. The van der Waals surface area contributed by atoms with Gasteiger partial charge in [-0.2, -0.15) is 10.2 Å². The summed E-state index contributed by atoms with van der Waals surface area (Å²) in [5, 5.41) is 11.3. The van der Waals surface area contributed by atoms with Crippen molar-refractivity contribution in [2.75, 3.05) is 17.5 Å². The van der Waals surface area contributed by atoms with Crippen molar-refractivity contribution in [1.82, 2.24) is 28.9 Å². The van der Waals surface area contributed by atoms with E-state index in [1.54, 1.807) is 24.0 Å². The molecule has 0 spiro atoms. The van der Waals surface area contributed by atoms with Crippen LogP contribution in [0.1, 0.15) is 41.6 Å². The predicted molar refractivity (Wildman–Crippen MR) is 192 cm³/mol. The van der Waals surface area contributed by atoms with Gasteiger partial charge in [0, 0.05) is 60.4 Å². The molecule has 2 aromatic carbocycles. The van der Waals surface area contributed by atoms with Crippen LogP contribution in [0.4, 0.5) is 10.2 Å². The number of piperidine rings is 1. The maximum atomic E-state index is 15.9. The molecule has 3 atom stereocenters. The molecule has 1 aliphatic heterocycles. The summed E-state index contributed by atoms with van der Waals surface area (Å²) in [6.45, 7) is 3.27. The van der Waals surface area contributed by atoms with Crippen molar-refractivity contribution in [1.29, 1.82) is 0 Å². The molecule has 5 heterocycles. The number of anilines is 1. The average Bonchev–Trinajstić information content (AvgIpc) is 3.25. The molecule has 2 aliphatic carbocycles. The van der Waals surface area contributed by atoms with Gasteiger partial charge in [0.15, 0.2) is 5.82 Å². The molecule has 6 aromatic rings. The number of carbonyl (C=O) groups excluding carboxylic acids is 1. The van der Waals surface area contributed by atoms with E-state index in [0.29, 0.717) is 51.1 Å². The molecule has 9 rings (SSSR count). The molecule has 50 heavy (non-hydrogen) atoms. The molecule has 1 saturated heterocycles. The number of hydrogen-bond acceptors (Lipinski definition) is 6. The van der Waals surface area contributed by atoms with Crippen LogP contribution in [0.15, 0.2) is 48.7 Å². The van der Waals surface area contributed by atoms with Crippen molar-refractivity contribution in [3.05, 3.63) is 70.6 Å². The van der Waals surface area contributed by atoms with Gasteiger partial charge in [0.05, 0.1) is 33.4 Å². The number of nitrogens with zero attached hydrogens (tertiary/aromatic N) is 6. The molecule has 14 heteroatoms. The van der Waals surface area contributed by atoms with E-state index in [0.717, 1.165) is 66.2 Å². The first kappa shape index (κ1) is 31.5. The number of halogens is 2. The third-order valence-corrected chi connectivity index (χ3v) is 11.8. The standard InChI is InChI=1S/C36H36ClFN8O3S/c1-18-32(40-46-17-23(12-26(38)33(18)46)36(47)45-16-22-8-11-27(45)31(22)39)29-14-21-7-6-20(13-28(21)44(29)15-19-4-5-19)24-9-10-25(37)30-34(24)43(2)41-35(30)42-50(3,48)49/h6-7,9-10,12-14,17,19,22,27,31H,4-5,8,11,15-16,39H2,1-3H3,(H,41,42)/t22?,27?,31-/m1/s1. The fraction of sp³-hybridized carbons (Fsp3) is 0.361. The van der Waals surface area contributed by atoms with Crippen LogP contribution in [-0.4, -0.2) is 68.1 Å². The number of hydrogen-bond donors (Lipinski definition) is 2. The van der Waals surface area contributed by atoms with Crippen LogP contribution in [0.2, 0.25) is 5.02 Å². The molecule has 2 saturated carbocycles. The van der Waals surface area contributed by atoms with Gasteiger partial charge in [-0.1, -0.05) is 29.8 Å². The van der Waals surface area contributed by atoms with E-state index in [9.17, 15) is 13.2 Å². The van der Waals surface area contributed by atoms with Crippen LogP contribution in [0.3, 0.4) is 0 Å². The molecule has 4 aromatic heterocycles. The molecule has 3 aliphatic rings. The van der Waals surface area contributed by atoms with Gasteiger partial charge in [0.25, 0.3) is 5.91 Å². The molecule has 0 radical (unpaired) electrons. The highest BCUT2D eigenvalue weighted by atomic mass is 35.5. The minimum absolute atomic E-state index is 0.00254. The van der Waals surface area contributed by atoms with Gasteiger partial charge in [-0.3, -0.25) is 14.2 Å². The average molecular weight is 715 g/mol. The van der Waals surface area contributed by atoms with E-state index in [1.807, 2.05) is 24.0 Å². The number of amides is 1. The lowest BCUT2D eigenvalue weighted by Crippen LogP contribution is -2.41. The highest BCUT2D eigenvalue weighted by Gasteiger charge is 2.47. The molecular weight excluding hydrogens is 679 g/mol. The van der Waals surface area contributed by atoms with E-state index in [1.165, 1.54) is 10.6 Å². The Morgan fingerprint density at radius 3 is 2.58 bits per heavy atom. The second-order valence-corrected chi connectivity index (χ2v) is 16.5. The van der Waals surface area contributed by atoms with E-state index in [4.69, 9.17) is 22.4 Å². The second kappa shape index (κ2) is 11.0. The van der Waals surface area contributed by atoms with Crippen molar-refractivity contribution in [2.45, 2.75) is 51.2 Å². The quantitative estimate of drug-likeness (QED) is 0.210. The first-order valence-electron chi connectivity index (χ1n) is 16.9. The van der Waals surface area contributed by atoms with Crippen LogP contribution in [-0.2, 0) is 23.6 Å². The third kappa shape index (κ3) is 4.92. The summed E-state index contributed by atoms with van der Waals surface area (Å²) < 4.78 is 48.0. The number of fused-ring (bicyclic) bond motifs is 5. The second-order valence-electron chi connectivity index (χ2n) is 14.3. The summed E-state index contributed by atoms with van der Waals surface area (Å²) in [4.78, 5) is 15.4.